The van der Waals surface area contributed by atoms with Crippen molar-refractivity contribution >= 4 is 60.5 Å². The van der Waals surface area contributed by atoms with E-state index in [0.717, 1.165) is 72.4 Å². The highest BCUT2D eigenvalue weighted by Crippen LogP contribution is 2.62. The first-order chi connectivity index (χ1) is 29.8. The van der Waals surface area contributed by atoms with Crippen molar-refractivity contribution in [1.29, 1.82) is 0 Å². The Morgan fingerprint density at radius 1 is 0.383 bits per heavy atom. The maximum atomic E-state index is 6.79. The molecular weight excluding hydrogens is 731 g/mol. The van der Waals surface area contributed by atoms with Crippen LogP contribution in [0.2, 0.25) is 0 Å². The molecule has 10 aromatic carbocycles. The van der Waals surface area contributed by atoms with Gasteiger partial charge in [0.05, 0.1) is 11.1 Å². The summed E-state index contributed by atoms with van der Waals surface area (Å²) in [5.41, 5.74) is 14.0. The number of nitrogens with zero attached hydrogens (tertiary/aromatic N) is 1. The molecule has 280 valence electrons. The summed E-state index contributed by atoms with van der Waals surface area (Å²) in [7, 11) is 0. The van der Waals surface area contributed by atoms with E-state index in [1.165, 1.54) is 44.2 Å². The van der Waals surface area contributed by atoms with Crippen LogP contribution in [0.15, 0.2) is 217 Å². The lowest BCUT2D eigenvalue weighted by atomic mass is 9.66. The number of benzene rings is 10. The molecule has 2 heterocycles. The largest absolute Gasteiger partial charge is 0.457 e. The van der Waals surface area contributed by atoms with Gasteiger partial charge in [-0.1, -0.05) is 158 Å². The highest BCUT2D eigenvalue weighted by molar-refractivity contribution is 6.19. The fourth-order valence-electron chi connectivity index (χ4n) is 10.4. The van der Waals surface area contributed by atoms with E-state index in [1.54, 1.807) is 0 Å². The Hall–Kier alpha value is -7.88. The van der Waals surface area contributed by atoms with Gasteiger partial charge in [0.15, 0.2) is 0 Å². The summed E-state index contributed by atoms with van der Waals surface area (Å²) >= 11 is 0. The zero-order valence-corrected chi connectivity index (χ0v) is 32.5. The summed E-state index contributed by atoms with van der Waals surface area (Å²) < 4.78 is 13.5. The predicted octanol–water partition coefficient (Wildman–Crippen LogP) is 15.5. The molecule has 0 bridgehead atoms. The molecule has 1 aromatic heterocycles. The summed E-state index contributed by atoms with van der Waals surface area (Å²) in [6.45, 7) is 0. The van der Waals surface area contributed by atoms with Gasteiger partial charge in [-0.3, -0.25) is 0 Å². The molecule has 2 aliphatic rings. The molecular formula is C57H35NO2. The minimum absolute atomic E-state index is 0.595. The standard InChI is InChI=1S/C57H35NO2/c1-2-16-41-36(13-1)14-11-19-42(41)37-27-30-39(31-28-37)58(51-23-12-15-38-29-33-46-45-18-4-8-24-52(45)60-56(46)55(38)51)40-32-34-44-43-17-3-5-20-47(43)57(50(44)35-40)48-21-6-9-25-53(48)59-54-26-10-7-22-49(54)57/h1-35H. The zero-order chi connectivity index (χ0) is 39.4. The van der Waals surface area contributed by atoms with Crippen LogP contribution in [0.5, 0.6) is 11.5 Å². The minimum atomic E-state index is -0.595. The van der Waals surface area contributed by atoms with Crippen LogP contribution in [0.1, 0.15) is 22.3 Å². The zero-order valence-electron chi connectivity index (χ0n) is 32.5. The van der Waals surface area contributed by atoms with Crippen molar-refractivity contribution < 1.29 is 9.15 Å². The molecule has 3 nitrogen and oxygen atoms in total. The smallest absolute Gasteiger partial charge is 0.145 e. The van der Waals surface area contributed by atoms with E-state index in [9.17, 15) is 0 Å². The van der Waals surface area contributed by atoms with E-state index in [0.29, 0.717) is 0 Å². The topological polar surface area (TPSA) is 25.6 Å². The fraction of sp³-hybridized carbons (Fsp3) is 0.0175. The Morgan fingerprint density at radius 2 is 1.00 bits per heavy atom. The maximum absolute atomic E-state index is 6.79. The van der Waals surface area contributed by atoms with Gasteiger partial charge in [-0.15, -0.1) is 0 Å². The lowest BCUT2D eigenvalue weighted by molar-refractivity contribution is 0.436. The Bertz CT molecular complexity index is 3490. The number of hydrogen-bond acceptors (Lipinski definition) is 3. The monoisotopic (exact) mass is 765 g/mol. The third kappa shape index (κ3) is 4.54. The molecule has 0 N–H and O–H groups in total. The summed E-state index contributed by atoms with van der Waals surface area (Å²) in [6.07, 6.45) is 0. The summed E-state index contributed by atoms with van der Waals surface area (Å²) in [5.74, 6) is 1.76. The van der Waals surface area contributed by atoms with E-state index < -0.39 is 5.41 Å². The Labute approximate surface area is 347 Å². The molecule has 1 spiro atoms. The first kappa shape index (κ1) is 33.1. The van der Waals surface area contributed by atoms with Crippen molar-refractivity contribution in [3.05, 3.63) is 235 Å². The van der Waals surface area contributed by atoms with Gasteiger partial charge in [-0.2, -0.15) is 0 Å². The van der Waals surface area contributed by atoms with Gasteiger partial charge >= 0.3 is 0 Å². The van der Waals surface area contributed by atoms with Crippen molar-refractivity contribution in [1.82, 2.24) is 0 Å². The van der Waals surface area contributed by atoms with Crippen LogP contribution < -0.4 is 9.64 Å². The molecule has 0 fully saturated rings. The third-order valence-corrected chi connectivity index (χ3v) is 12.9. The molecule has 13 rings (SSSR count). The molecule has 0 unspecified atom stereocenters. The van der Waals surface area contributed by atoms with E-state index in [2.05, 4.69) is 211 Å². The van der Waals surface area contributed by atoms with E-state index in [1.807, 2.05) is 6.07 Å². The molecule has 1 aliphatic carbocycles. The van der Waals surface area contributed by atoms with Gasteiger partial charge < -0.3 is 14.1 Å². The average molecular weight is 766 g/mol. The van der Waals surface area contributed by atoms with Crippen LogP contribution in [-0.2, 0) is 5.41 Å². The molecule has 3 heteroatoms. The van der Waals surface area contributed by atoms with Crippen LogP contribution in [0.3, 0.4) is 0 Å². The van der Waals surface area contributed by atoms with Gasteiger partial charge in [-0.05, 0) is 104 Å². The van der Waals surface area contributed by atoms with Crippen molar-refractivity contribution in [2.24, 2.45) is 0 Å². The average Bonchev–Trinajstić information content (AvgIpc) is 3.83. The lowest BCUT2D eigenvalue weighted by Crippen LogP contribution is -2.32. The second kappa shape index (κ2) is 12.6. The number of furan rings is 1. The second-order valence-electron chi connectivity index (χ2n) is 15.9. The predicted molar refractivity (Wildman–Crippen MR) is 246 cm³/mol. The molecule has 60 heavy (non-hydrogen) atoms. The molecule has 0 radical (unpaired) electrons. The summed E-state index contributed by atoms with van der Waals surface area (Å²) in [6, 6.07) is 76.7. The van der Waals surface area contributed by atoms with Crippen molar-refractivity contribution in [3.63, 3.8) is 0 Å². The minimum Gasteiger partial charge on any atom is -0.457 e. The van der Waals surface area contributed by atoms with Gasteiger partial charge in [0.1, 0.15) is 22.7 Å². The van der Waals surface area contributed by atoms with Gasteiger partial charge in [0, 0.05) is 38.7 Å². The highest BCUT2D eigenvalue weighted by atomic mass is 16.5. The number of para-hydroxylation sites is 3. The summed E-state index contributed by atoms with van der Waals surface area (Å²) in [5, 5.41) is 6.89. The van der Waals surface area contributed by atoms with Crippen molar-refractivity contribution in [3.8, 4) is 33.8 Å². The molecule has 0 saturated heterocycles. The SMILES string of the molecule is c1ccc2c(c1)Oc1ccccc1C21c2ccccc2-c2ccc(N(c3ccc(-c4cccc5ccccc45)cc3)c3cccc4ccc5c6ccccc6oc5c34)cc21. The molecule has 0 amide bonds. The van der Waals surface area contributed by atoms with Crippen LogP contribution in [0, 0.1) is 0 Å². The Kier molecular flexibility index (Phi) is 6.93. The lowest BCUT2D eigenvalue weighted by Gasteiger charge is -2.39. The third-order valence-electron chi connectivity index (χ3n) is 12.9. The second-order valence-corrected chi connectivity index (χ2v) is 15.9. The van der Waals surface area contributed by atoms with Crippen LogP contribution in [0.4, 0.5) is 17.1 Å². The van der Waals surface area contributed by atoms with E-state index in [4.69, 9.17) is 9.15 Å². The first-order valence-corrected chi connectivity index (χ1v) is 20.6. The van der Waals surface area contributed by atoms with Crippen LogP contribution in [-0.4, -0.2) is 0 Å². The maximum Gasteiger partial charge on any atom is 0.145 e. The van der Waals surface area contributed by atoms with Crippen LogP contribution in [0.25, 0.3) is 65.7 Å². The first-order valence-electron chi connectivity index (χ1n) is 20.6. The fourth-order valence-corrected chi connectivity index (χ4v) is 10.4. The quantitative estimate of drug-likeness (QED) is 0.178. The molecule has 11 aromatic rings. The number of fused-ring (bicyclic) bond motifs is 15. The molecule has 0 atom stereocenters. The van der Waals surface area contributed by atoms with E-state index in [-0.39, 0.29) is 0 Å². The van der Waals surface area contributed by atoms with Gasteiger partial charge in [-0.25, -0.2) is 0 Å². The Morgan fingerprint density at radius 3 is 1.83 bits per heavy atom. The molecule has 0 saturated carbocycles. The van der Waals surface area contributed by atoms with Crippen molar-refractivity contribution in [2.45, 2.75) is 5.41 Å². The van der Waals surface area contributed by atoms with Gasteiger partial charge in [0.25, 0.3) is 0 Å². The highest BCUT2D eigenvalue weighted by Gasteiger charge is 2.51. The summed E-state index contributed by atoms with van der Waals surface area (Å²) in [4.78, 5) is 2.43. The van der Waals surface area contributed by atoms with E-state index >= 15 is 0 Å². The number of hydrogen-bond donors (Lipinski definition) is 0. The van der Waals surface area contributed by atoms with Gasteiger partial charge in [0.2, 0.25) is 0 Å². The van der Waals surface area contributed by atoms with Crippen LogP contribution >= 0.6 is 0 Å². The number of anilines is 3. The normalized spacial score (nSPS) is 13.3. The number of rotatable bonds is 4. The van der Waals surface area contributed by atoms with Crippen molar-refractivity contribution in [2.75, 3.05) is 4.90 Å². The number of ether oxygens (including phenoxy) is 1. The molecule has 1 aliphatic heterocycles. The Balaban J connectivity index is 1.09.